The number of fused-ring (bicyclic) bond motifs is 1. The highest BCUT2D eigenvalue weighted by atomic mass is 16.5. The van der Waals surface area contributed by atoms with Crippen LogP contribution < -0.4 is 10.1 Å². The normalized spacial score (nSPS) is 11.8. The van der Waals surface area contributed by atoms with Crippen molar-refractivity contribution in [3.05, 3.63) is 48.0 Å². The van der Waals surface area contributed by atoms with Gasteiger partial charge in [-0.15, -0.1) is 5.10 Å². The van der Waals surface area contributed by atoms with E-state index in [1.165, 1.54) is 6.92 Å². The van der Waals surface area contributed by atoms with Gasteiger partial charge in [0.1, 0.15) is 11.3 Å². The van der Waals surface area contributed by atoms with Gasteiger partial charge in [0.25, 0.3) is 5.91 Å². The second kappa shape index (κ2) is 8.51. The summed E-state index contributed by atoms with van der Waals surface area (Å²) in [6.45, 7) is 6.49. The van der Waals surface area contributed by atoms with Crippen molar-refractivity contribution in [1.82, 2.24) is 15.0 Å². The van der Waals surface area contributed by atoms with Crippen LogP contribution >= 0.6 is 0 Å². The fraction of sp³-hybridized carbons (Fsp3) is 0.300. The average molecular weight is 382 g/mol. The topological polar surface area (TPSA) is 95.3 Å². The summed E-state index contributed by atoms with van der Waals surface area (Å²) in [6.07, 6.45) is -0.982. The first kappa shape index (κ1) is 19.3. The van der Waals surface area contributed by atoms with E-state index < -0.39 is 18.0 Å². The molecular formula is C20H22N4O4. The first-order chi connectivity index (χ1) is 13.5. The van der Waals surface area contributed by atoms with Gasteiger partial charge in [-0.3, -0.25) is 4.79 Å². The Bertz CT molecular complexity index is 999. The number of hydrogen-bond donors (Lipinski definition) is 1. The van der Waals surface area contributed by atoms with Crippen molar-refractivity contribution in [3.63, 3.8) is 0 Å². The van der Waals surface area contributed by atoms with Crippen LogP contribution in [0.15, 0.2) is 42.5 Å². The standard InChI is InChI=1S/C20H22N4O4/c1-4-24-17-11-10-14(12-16(17)22-23-24)20(26)28-13(3)19(25)21-15-8-6-7-9-18(15)27-5-2/h6-13H,4-5H2,1-3H3,(H,21,25)/t13-/m0/s1. The van der Waals surface area contributed by atoms with Gasteiger partial charge in [-0.2, -0.15) is 0 Å². The molecule has 0 fully saturated rings. The third-order valence-electron chi connectivity index (χ3n) is 4.15. The highest BCUT2D eigenvalue weighted by Gasteiger charge is 2.21. The molecule has 0 aliphatic heterocycles. The Labute approximate surface area is 162 Å². The molecule has 2 aromatic carbocycles. The van der Waals surface area contributed by atoms with Crippen LogP contribution in [0.4, 0.5) is 5.69 Å². The highest BCUT2D eigenvalue weighted by molar-refractivity contribution is 5.99. The van der Waals surface area contributed by atoms with Gasteiger partial charge in [0.15, 0.2) is 6.10 Å². The van der Waals surface area contributed by atoms with E-state index in [0.717, 1.165) is 5.52 Å². The number of esters is 1. The second-order valence-corrected chi connectivity index (χ2v) is 6.07. The van der Waals surface area contributed by atoms with Gasteiger partial charge in [0, 0.05) is 6.54 Å². The fourth-order valence-corrected chi connectivity index (χ4v) is 2.70. The maximum absolute atomic E-state index is 12.4. The zero-order valence-corrected chi connectivity index (χ0v) is 16.0. The van der Waals surface area contributed by atoms with Gasteiger partial charge >= 0.3 is 5.97 Å². The number of para-hydroxylation sites is 2. The molecule has 1 amide bonds. The fourth-order valence-electron chi connectivity index (χ4n) is 2.70. The third-order valence-corrected chi connectivity index (χ3v) is 4.15. The Morgan fingerprint density at radius 2 is 1.96 bits per heavy atom. The molecule has 0 radical (unpaired) electrons. The van der Waals surface area contributed by atoms with E-state index >= 15 is 0 Å². The molecule has 8 heteroatoms. The minimum atomic E-state index is -0.982. The molecule has 8 nitrogen and oxygen atoms in total. The molecule has 0 saturated heterocycles. The van der Waals surface area contributed by atoms with Crippen LogP contribution in [0.5, 0.6) is 5.75 Å². The van der Waals surface area contributed by atoms with Crippen molar-refractivity contribution in [1.29, 1.82) is 0 Å². The average Bonchev–Trinajstić information content (AvgIpc) is 3.11. The lowest BCUT2D eigenvalue weighted by Crippen LogP contribution is -2.30. The molecule has 0 aliphatic carbocycles. The van der Waals surface area contributed by atoms with Gasteiger partial charge in [-0.1, -0.05) is 17.3 Å². The molecule has 146 valence electrons. The predicted octanol–water partition coefficient (Wildman–Crippen LogP) is 3.03. The van der Waals surface area contributed by atoms with Crippen LogP contribution in [0.25, 0.3) is 11.0 Å². The van der Waals surface area contributed by atoms with E-state index in [2.05, 4.69) is 15.6 Å². The smallest absolute Gasteiger partial charge is 0.338 e. The number of aromatic nitrogens is 3. The van der Waals surface area contributed by atoms with Crippen LogP contribution in [0.2, 0.25) is 0 Å². The van der Waals surface area contributed by atoms with E-state index in [9.17, 15) is 9.59 Å². The van der Waals surface area contributed by atoms with E-state index in [4.69, 9.17) is 9.47 Å². The number of amides is 1. The minimum absolute atomic E-state index is 0.310. The molecule has 0 bridgehead atoms. The van der Waals surface area contributed by atoms with Gasteiger partial charge < -0.3 is 14.8 Å². The van der Waals surface area contributed by atoms with Crippen molar-refractivity contribution in [2.24, 2.45) is 0 Å². The lowest BCUT2D eigenvalue weighted by Gasteiger charge is -2.15. The lowest BCUT2D eigenvalue weighted by molar-refractivity contribution is -0.123. The van der Waals surface area contributed by atoms with E-state index in [-0.39, 0.29) is 0 Å². The zero-order chi connectivity index (χ0) is 20.1. The van der Waals surface area contributed by atoms with E-state index in [1.54, 1.807) is 41.1 Å². The van der Waals surface area contributed by atoms with E-state index in [1.807, 2.05) is 19.9 Å². The maximum Gasteiger partial charge on any atom is 0.338 e. The van der Waals surface area contributed by atoms with Crippen molar-refractivity contribution in [3.8, 4) is 5.75 Å². The number of carbonyl (C=O) groups is 2. The molecule has 1 atom stereocenters. The molecule has 0 spiro atoms. The first-order valence-electron chi connectivity index (χ1n) is 9.10. The van der Waals surface area contributed by atoms with Gasteiger partial charge in [0.2, 0.25) is 0 Å². The van der Waals surface area contributed by atoms with Crippen LogP contribution in [-0.4, -0.2) is 39.6 Å². The summed E-state index contributed by atoms with van der Waals surface area (Å²) in [7, 11) is 0. The molecule has 0 saturated carbocycles. The minimum Gasteiger partial charge on any atom is -0.492 e. The van der Waals surface area contributed by atoms with Gasteiger partial charge in [-0.05, 0) is 51.1 Å². The Morgan fingerprint density at radius 3 is 2.71 bits per heavy atom. The quantitative estimate of drug-likeness (QED) is 0.631. The largest absolute Gasteiger partial charge is 0.492 e. The number of hydrogen-bond acceptors (Lipinski definition) is 6. The number of anilines is 1. The van der Waals surface area contributed by atoms with Crippen LogP contribution in [-0.2, 0) is 16.1 Å². The molecule has 1 N–H and O–H groups in total. The summed E-state index contributed by atoms with van der Waals surface area (Å²) in [5.74, 6) is -0.492. The first-order valence-corrected chi connectivity index (χ1v) is 9.10. The van der Waals surface area contributed by atoms with Crippen molar-refractivity contribution >= 4 is 28.6 Å². The number of nitrogens with one attached hydrogen (secondary N) is 1. The molecule has 0 unspecified atom stereocenters. The molecule has 0 aliphatic rings. The summed E-state index contributed by atoms with van der Waals surface area (Å²) in [4.78, 5) is 24.8. The van der Waals surface area contributed by atoms with Crippen molar-refractivity contribution in [2.45, 2.75) is 33.4 Å². The summed E-state index contributed by atoms with van der Waals surface area (Å²) < 4.78 is 12.5. The summed E-state index contributed by atoms with van der Waals surface area (Å²) in [5.41, 5.74) is 2.26. The molecule has 1 aromatic heterocycles. The summed E-state index contributed by atoms with van der Waals surface area (Å²) >= 11 is 0. The summed E-state index contributed by atoms with van der Waals surface area (Å²) in [6, 6.07) is 12.1. The Hall–Kier alpha value is -3.42. The number of aryl methyl sites for hydroxylation is 1. The van der Waals surface area contributed by atoms with Crippen molar-refractivity contribution in [2.75, 3.05) is 11.9 Å². The number of nitrogens with zero attached hydrogens (tertiary/aromatic N) is 3. The van der Waals surface area contributed by atoms with E-state index in [0.29, 0.717) is 35.7 Å². The second-order valence-electron chi connectivity index (χ2n) is 6.07. The zero-order valence-electron chi connectivity index (χ0n) is 16.0. The third kappa shape index (κ3) is 4.11. The van der Waals surface area contributed by atoms with Crippen LogP contribution in [0.3, 0.4) is 0 Å². The van der Waals surface area contributed by atoms with Crippen LogP contribution in [0.1, 0.15) is 31.1 Å². The Kier molecular flexibility index (Phi) is 5.88. The Balaban J connectivity index is 1.67. The molecule has 1 heterocycles. The molecule has 3 rings (SSSR count). The predicted molar refractivity (Wildman–Crippen MR) is 104 cm³/mol. The number of rotatable bonds is 7. The molecular weight excluding hydrogens is 360 g/mol. The van der Waals surface area contributed by atoms with Crippen molar-refractivity contribution < 1.29 is 19.1 Å². The number of ether oxygens (including phenoxy) is 2. The summed E-state index contributed by atoms with van der Waals surface area (Å²) in [5, 5.41) is 10.8. The monoisotopic (exact) mass is 382 g/mol. The van der Waals surface area contributed by atoms with Gasteiger partial charge in [-0.25, -0.2) is 9.48 Å². The lowest BCUT2D eigenvalue weighted by atomic mass is 10.2. The molecule has 3 aromatic rings. The molecule has 28 heavy (non-hydrogen) atoms. The maximum atomic E-state index is 12.4. The Morgan fingerprint density at radius 1 is 1.18 bits per heavy atom. The highest BCUT2D eigenvalue weighted by Crippen LogP contribution is 2.24. The number of carbonyl (C=O) groups excluding carboxylic acids is 2. The van der Waals surface area contributed by atoms with Crippen LogP contribution in [0, 0.1) is 0 Å². The van der Waals surface area contributed by atoms with Gasteiger partial charge in [0.05, 0.1) is 23.4 Å². The number of benzene rings is 2. The SMILES string of the molecule is CCOc1ccccc1NC(=O)[C@H](C)OC(=O)c1ccc2c(c1)nnn2CC.